The van der Waals surface area contributed by atoms with E-state index in [0.717, 1.165) is 56.2 Å². The molecule has 1 saturated heterocycles. The van der Waals surface area contributed by atoms with E-state index < -0.39 is 17.5 Å². The Morgan fingerprint density at radius 2 is 1.65 bits per heavy atom. The molecular formula is C22H33FN4O3S. The fourth-order valence-electron chi connectivity index (χ4n) is 3.88. The van der Waals surface area contributed by atoms with Crippen LogP contribution in [0.1, 0.15) is 69.7 Å². The molecule has 7 nitrogen and oxygen atoms in total. The van der Waals surface area contributed by atoms with Crippen molar-refractivity contribution in [3.63, 3.8) is 0 Å². The smallest absolute Gasteiger partial charge is 0.407 e. The van der Waals surface area contributed by atoms with E-state index in [1.54, 1.807) is 0 Å². The average molecular weight is 453 g/mol. The van der Waals surface area contributed by atoms with E-state index in [1.165, 1.54) is 6.07 Å². The number of ether oxygens (including phenoxy) is 1. The molecule has 1 saturated carbocycles. The summed E-state index contributed by atoms with van der Waals surface area (Å²) in [4.78, 5) is 29.0. The number of thioether (sulfide) groups is 1. The zero-order valence-electron chi connectivity index (χ0n) is 18.5. The Hall–Kier alpha value is -2.03. The minimum Gasteiger partial charge on any atom is -0.444 e. The molecular weight excluding hydrogens is 419 g/mol. The van der Waals surface area contributed by atoms with Gasteiger partial charge in [0.25, 0.3) is 5.91 Å². The van der Waals surface area contributed by atoms with Crippen LogP contribution in [0.3, 0.4) is 0 Å². The van der Waals surface area contributed by atoms with Crippen LogP contribution in [-0.2, 0) is 4.74 Å². The number of hydrogen-bond acceptors (Lipinski definition) is 6. The van der Waals surface area contributed by atoms with Crippen LogP contribution in [0.2, 0.25) is 0 Å². The third-order valence-corrected chi connectivity index (χ3v) is 6.49. The molecule has 1 aromatic rings. The van der Waals surface area contributed by atoms with Gasteiger partial charge >= 0.3 is 6.09 Å². The molecule has 0 aromatic carbocycles. The molecule has 9 heteroatoms. The van der Waals surface area contributed by atoms with Gasteiger partial charge in [-0.1, -0.05) is 0 Å². The van der Waals surface area contributed by atoms with Crippen molar-refractivity contribution >= 4 is 29.6 Å². The summed E-state index contributed by atoms with van der Waals surface area (Å²) in [6.07, 6.45) is 5.69. The first-order valence-corrected chi connectivity index (χ1v) is 12.2. The van der Waals surface area contributed by atoms with Gasteiger partial charge in [-0.2, -0.15) is 11.8 Å². The summed E-state index contributed by atoms with van der Waals surface area (Å²) in [6, 6.07) is 1.50. The molecule has 2 fully saturated rings. The summed E-state index contributed by atoms with van der Waals surface area (Å²) < 4.78 is 19.1. The van der Waals surface area contributed by atoms with Gasteiger partial charge in [-0.3, -0.25) is 4.79 Å². The standard InChI is InChI=1S/C22H33FN4O3S/c1-22(2,3)30-21(29)27-16-6-4-15(5-7-16)26-20(28)18-12-14(23)13-24-19(18)25-17-8-10-31-11-9-17/h12-13,15-17H,4-11H2,1-3H3,(H,24,25)(H,26,28)(H,27,29). The first kappa shape index (κ1) is 23.6. The molecule has 2 heterocycles. The number of hydrogen-bond donors (Lipinski definition) is 3. The lowest BCUT2D eigenvalue weighted by Gasteiger charge is -2.30. The van der Waals surface area contributed by atoms with E-state index in [9.17, 15) is 14.0 Å². The molecule has 3 N–H and O–H groups in total. The number of alkyl carbamates (subject to hydrolysis) is 1. The number of nitrogens with one attached hydrogen (secondary N) is 3. The molecule has 1 aliphatic heterocycles. The van der Waals surface area contributed by atoms with Crippen molar-refractivity contribution in [3.8, 4) is 0 Å². The second-order valence-electron chi connectivity index (χ2n) is 9.25. The molecule has 31 heavy (non-hydrogen) atoms. The topological polar surface area (TPSA) is 92.4 Å². The molecule has 0 bridgehead atoms. The largest absolute Gasteiger partial charge is 0.444 e. The highest BCUT2D eigenvalue weighted by Gasteiger charge is 2.27. The van der Waals surface area contributed by atoms with Crippen molar-refractivity contribution in [3.05, 3.63) is 23.6 Å². The van der Waals surface area contributed by atoms with E-state index in [-0.39, 0.29) is 29.6 Å². The zero-order valence-corrected chi connectivity index (χ0v) is 19.3. The Morgan fingerprint density at radius 3 is 2.26 bits per heavy atom. The van der Waals surface area contributed by atoms with E-state index in [2.05, 4.69) is 20.9 Å². The number of anilines is 1. The van der Waals surface area contributed by atoms with Crippen molar-refractivity contribution in [2.45, 2.75) is 83.0 Å². The van der Waals surface area contributed by atoms with Crippen LogP contribution in [0, 0.1) is 5.82 Å². The van der Waals surface area contributed by atoms with E-state index >= 15 is 0 Å². The number of amides is 2. The van der Waals surface area contributed by atoms with Gasteiger partial charge in [0.1, 0.15) is 17.2 Å². The lowest BCUT2D eigenvalue weighted by molar-refractivity contribution is 0.0488. The van der Waals surface area contributed by atoms with E-state index in [4.69, 9.17) is 4.74 Å². The summed E-state index contributed by atoms with van der Waals surface area (Å²) in [5.41, 5.74) is -0.288. The molecule has 2 amide bonds. The van der Waals surface area contributed by atoms with Crippen LogP contribution >= 0.6 is 11.8 Å². The number of carbonyl (C=O) groups is 2. The third kappa shape index (κ3) is 7.55. The normalized spacial score (nSPS) is 22.5. The lowest BCUT2D eigenvalue weighted by atomic mass is 9.91. The molecule has 172 valence electrons. The van der Waals surface area contributed by atoms with Crippen LogP contribution in [0.5, 0.6) is 0 Å². The molecule has 0 spiro atoms. The number of aromatic nitrogens is 1. The Bertz CT molecular complexity index is 773. The predicted molar refractivity (Wildman–Crippen MR) is 121 cm³/mol. The third-order valence-electron chi connectivity index (χ3n) is 5.44. The number of nitrogens with zero attached hydrogens (tertiary/aromatic N) is 1. The summed E-state index contributed by atoms with van der Waals surface area (Å²) in [5, 5.41) is 9.25. The first-order valence-electron chi connectivity index (χ1n) is 11.0. The highest BCUT2D eigenvalue weighted by atomic mass is 32.2. The maximum absolute atomic E-state index is 13.8. The molecule has 1 aliphatic carbocycles. The summed E-state index contributed by atoms with van der Waals surface area (Å²) in [6.45, 7) is 5.49. The second kappa shape index (κ2) is 10.5. The quantitative estimate of drug-likeness (QED) is 0.623. The van der Waals surface area contributed by atoms with Gasteiger partial charge in [0, 0.05) is 18.1 Å². The maximum Gasteiger partial charge on any atom is 0.407 e. The van der Waals surface area contributed by atoms with Gasteiger partial charge in [0.05, 0.1) is 11.8 Å². The number of pyridine rings is 1. The number of carbonyl (C=O) groups excluding carboxylic acids is 2. The molecule has 0 radical (unpaired) electrons. The monoisotopic (exact) mass is 452 g/mol. The second-order valence-corrected chi connectivity index (χ2v) is 10.5. The first-order chi connectivity index (χ1) is 14.7. The van der Waals surface area contributed by atoms with Crippen LogP contribution in [0.15, 0.2) is 12.3 Å². The fraction of sp³-hybridized carbons (Fsp3) is 0.682. The van der Waals surface area contributed by atoms with E-state index in [0.29, 0.717) is 5.82 Å². The highest BCUT2D eigenvalue weighted by molar-refractivity contribution is 7.99. The Labute approximate surface area is 187 Å². The molecule has 0 atom stereocenters. The SMILES string of the molecule is CC(C)(C)OC(=O)NC1CCC(NC(=O)c2cc(F)cnc2NC2CCSCC2)CC1. The molecule has 1 aromatic heterocycles. The summed E-state index contributed by atoms with van der Waals surface area (Å²) >= 11 is 1.92. The minimum absolute atomic E-state index is 0.0219. The van der Waals surface area contributed by atoms with Gasteiger partial charge < -0.3 is 20.7 Å². The van der Waals surface area contributed by atoms with Crippen LogP contribution < -0.4 is 16.0 Å². The zero-order chi connectivity index (χ0) is 22.4. The Balaban J connectivity index is 1.52. The predicted octanol–water partition coefficient (Wildman–Crippen LogP) is 4.09. The summed E-state index contributed by atoms with van der Waals surface area (Å²) in [5.74, 6) is 1.74. The van der Waals surface area contributed by atoms with Crippen molar-refractivity contribution in [1.82, 2.24) is 15.6 Å². The molecule has 3 rings (SSSR count). The number of halogens is 1. The van der Waals surface area contributed by atoms with Gasteiger partial charge in [0.15, 0.2) is 0 Å². The van der Waals surface area contributed by atoms with Crippen molar-refractivity contribution in [1.29, 1.82) is 0 Å². The summed E-state index contributed by atoms with van der Waals surface area (Å²) in [7, 11) is 0. The number of rotatable bonds is 5. The maximum atomic E-state index is 13.8. The molecule has 0 unspecified atom stereocenters. The van der Waals surface area contributed by atoms with Crippen LogP contribution in [0.25, 0.3) is 0 Å². The van der Waals surface area contributed by atoms with Crippen molar-refractivity contribution in [2.24, 2.45) is 0 Å². The van der Waals surface area contributed by atoms with Gasteiger partial charge in [-0.15, -0.1) is 0 Å². The molecule has 2 aliphatic rings. The van der Waals surface area contributed by atoms with Crippen molar-refractivity contribution in [2.75, 3.05) is 16.8 Å². The van der Waals surface area contributed by atoms with Crippen LogP contribution in [-0.4, -0.2) is 52.2 Å². The Morgan fingerprint density at radius 1 is 1.03 bits per heavy atom. The Kier molecular flexibility index (Phi) is 8.02. The van der Waals surface area contributed by atoms with Crippen LogP contribution in [0.4, 0.5) is 15.0 Å². The minimum atomic E-state index is -0.531. The van der Waals surface area contributed by atoms with Gasteiger partial charge in [-0.25, -0.2) is 14.2 Å². The fourth-order valence-corrected chi connectivity index (χ4v) is 4.99. The average Bonchev–Trinajstić information content (AvgIpc) is 2.70. The highest BCUT2D eigenvalue weighted by Crippen LogP contribution is 2.24. The van der Waals surface area contributed by atoms with E-state index in [1.807, 2.05) is 32.5 Å². The van der Waals surface area contributed by atoms with Gasteiger partial charge in [-0.05, 0) is 76.9 Å². The lowest BCUT2D eigenvalue weighted by Crippen LogP contribution is -2.45. The van der Waals surface area contributed by atoms with Crippen molar-refractivity contribution < 1.29 is 18.7 Å². The van der Waals surface area contributed by atoms with Gasteiger partial charge in [0.2, 0.25) is 0 Å².